The van der Waals surface area contributed by atoms with Crippen LogP contribution < -0.4 is 10.9 Å². The van der Waals surface area contributed by atoms with Crippen LogP contribution in [0.1, 0.15) is 30.7 Å². The monoisotopic (exact) mass is 356 g/mol. The van der Waals surface area contributed by atoms with Gasteiger partial charge in [0.25, 0.3) is 0 Å². The number of hydrogen-bond donors (Lipinski definition) is 3. The van der Waals surface area contributed by atoms with Gasteiger partial charge in [0.2, 0.25) is 5.91 Å². The first-order valence-electron chi connectivity index (χ1n) is 7.73. The molecule has 0 radical (unpaired) electrons. The number of imidazole rings is 1. The molecule has 1 amide bonds. The van der Waals surface area contributed by atoms with Crippen molar-refractivity contribution in [1.82, 2.24) is 15.0 Å². The minimum atomic E-state index is -4.50. The minimum absolute atomic E-state index is 0.157. The van der Waals surface area contributed by atoms with Gasteiger partial charge in [-0.3, -0.25) is 15.6 Å². The van der Waals surface area contributed by atoms with E-state index in [1.165, 1.54) is 18.2 Å². The molecule has 0 bridgehead atoms. The van der Waals surface area contributed by atoms with E-state index in [4.69, 9.17) is 5.11 Å². The number of hydrazine groups is 1. The van der Waals surface area contributed by atoms with Crippen LogP contribution in [0.4, 0.5) is 18.9 Å². The molecular formula is C16H19F3N4O2. The maximum absolute atomic E-state index is 12.8. The third-order valence-electron chi connectivity index (χ3n) is 3.57. The molecule has 3 N–H and O–H groups in total. The van der Waals surface area contributed by atoms with Crippen molar-refractivity contribution in [3.05, 3.63) is 48.0 Å². The van der Waals surface area contributed by atoms with Crippen LogP contribution >= 0.6 is 0 Å². The van der Waals surface area contributed by atoms with Crippen molar-refractivity contribution in [3.63, 3.8) is 0 Å². The van der Waals surface area contributed by atoms with E-state index in [-0.39, 0.29) is 18.7 Å². The molecule has 0 aliphatic rings. The molecule has 0 atom stereocenters. The number of hydrogen-bond acceptors (Lipinski definition) is 4. The molecule has 0 saturated carbocycles. The lowest BCUT2D eigenvalue weighted by atomic mass is 10.2. The molecule has 0 fully saturated rings. The van der Waals surface area contributed by atoms with E-state index in [0.717, 1.165) is 6.07 Å². The molecule has 0 saturated heterocycles. The Morgan fingerprint density at radius 2 is 2.00 bits per heavy atom. The Morgan fingerprint density at radius 3 is 2.72 bits per heavy atom. The number of anilines is 1. The fraction of sp³-hybridized carbons (Fsp3) is 0.375. The Hall–Kier alpha value is -2.55. The number of aromatic nitrogens is 2. The summed E-state index contributed by atoms with van der Waals surface area (Å²) in [6.45, 7) is 0.448. The minimum Gasteiger partial charge on any atom is -0.388 e. The fourth-order valence-electron chi connectivity index (χ4n) is 2.30. The van der Waals surface area contributed by atoms with E-state index in [1.54, 1.807) is 17.0 Å². The number of amides is 1. The first-order valence-corrected chi connectivity index (χ1v) is 7.73. The van der Waals surface area contributed by atoms with E-state index in [1.807, 2.05) is 0 Å². The van der Waals surface area contributed by atoms with Crippen molar-refractivity contribution in [2.75, 3.05) is 5.43 Å². The summed E-state index contributed by atoms with van der Waals surface area (Å²) in [4.78, 5) is 15.7. The van der Waals surface area contributed by atoms with Gasteiger partial charge in [0, 0.05) is 25.4 Å². The molecule has 1 aromatic heterocycles. The maximum Gasteiger partial charge on any atom is 0.418 e. The number of halogens is 3. The van der Waals surface area contributed by atoms with Crippen molar-refractivity contribution in [2.24, 2.45) is 0 Å². The number of aliphatic hydroxyl groups is 1. The Kier molecular flexibility index (Phi) is 6.40. The molecule has 1 heterocycles. The maximum atomic E-state index is 12.8. The van der Waals surface area contributed by atoms with Crippen LogP contribution in [0.5, 0.6) is 0 Å². The highest BCUT2D eigenvalue weighted by Gasteiger charge is 2.33. The average molecular weight is 356 g/mol. The smallest absolute Gasteiger partial charge is 0.388 e. The summed E-state index contributed by atoms with van der Waals surface area (Å²) >= 11 is 0. The average Bonchev–Trinajstić information content (AvgIpc) is 3.04. The predicted octanol–water partition coefficient (Wildman–Crippen LogP) is 2.71. The summed E-state index contributed by atoms with van der Waals surface area (Å²) in [5.74, 6) is 0.153. The van der Waals surface area contributed by atoms with Crippen LogP contribution in [0.3, 0.4) is 0 Å². The number of carbonyl (C=O) groups is 1. The second-order valence-electron chi connectivity index (χ2n) is 5.37. The SMILES string of the molecule is O=C(CCCCn1ccnc1CO)NNc1ccccc1C(F)(F)F. The van der Waals surface area contributed by atoms with Crippen molar-refractivity contribution in [2.45, 2.75) is 38.6 Å². The Morgan fingerprint density at radius 1 is 1.24 bits per heavy atom. The molecule has 1 aromatic carbocycles. The predicted molar refractivity (Wildman–Crippen MR) is 85.2 cm³/mol. The largest absolute Gasteiger partial charge is 0.418 e. The van der Waals surface area contributed by atoms with Crippen LogP contribution in [-0.4, -0.2) is 20.6 Å². The highest BCUT2D eigenvalue weighted by Crippen LogP contribution is 2.34. The van der Waals surface area contributed by atoms with Gasteiger partial charge in [-0.15, -0.1) is 0 Å². The van der Waals surface area contributed by atoms with Gasteiger partial charge in [-0.2, -0.15) is 13.2 Å². The number of rotatable bonds is 8. The normalized spacial score (nSPS) is 11.4. The Bertz CT molecular complexity index is 701. The van der Waals surface area contributed by atoms with Gasteiger partial charge in [-0.1, -0.05) is 12.1 Å². The van der Waals surface area contributed by atoms with Crippen molar-refractivity contribution in [1.29, 1.82) is 0 Å². The number of aliphatic hydroxyl groups excluding tert-OH is 1. The lowest BCUT2D eigenvalue weighted by Gasteiger charge is -2.15. The summed E-state index contributed by atoms with van der Waals surface area (Å²) in [6, 6.07) is 4.93. The van der Waals surface area contributed by atoms with Crippen LogP contribution in [0.15, 0.2) is 36.7 Å². The van der Waals surface area contributed by atoms with Gasteiger partial charge >= 0.3 is 6.18 Å². The van der Waals surface area contributed by atoms with Crippen molar-refractivity contribution < 1.29 is 23.1 Å². The summed E-state index contributed by atoms with van der Waals surface area (Å²) in [6.07, 6.45) is 0.225. The van der Waals surface area contributed by atoms with Gasteiger partial charge in [-0.25, -0.2) is 4.98 Å². The summed E-state index contributed by atoms with van der Waals surface area (Å²) in [5, 5.41) is 9.07. The van der Waals surface area contributed by atoms with Crippen LogP contribution in [0, 0.1) is 0 Å². The second-order valence-corrected chi connectivity index (χ2v) is 5.37. The van der Waals surface area contributed by atoms with Gasteiger partial charge in [0.15, 0.2) is 0 Å². The highest BCUT2D eigenvalue weighted by molar-refractivity contribution is 5.77. The standard InChI is InChI=1S/C16H19F3N4O2/c17-16(18,19)12-5-1-2-6-13(12)21-22-15(25)7-3-4-9-23-10-8-20-14(23)11-24/h1-2,5-6,8,10,21,24H,3-4,7,9,11H2,(H,22,25). The topological polar surface area (TPSA) is 79.2 Å². The number of unbranched alkanes of at least 4 members (excludes halogenated alkanes) is 1. The molecule has 25 heavy (non-hydrogen) atoms. The van der Waals surface area contributed by atoms with Gasteiger partial charge < -0.3 is 9.67 Å². The second kappa shape index (κ2) is 8.52. The molecule has 2 rings (SSSR count). The molecular weight excluding hydrogens is 337 g/mol. The molecule has 0 unspecified atom stereocenters. The number of benzene rings is 1. The van der Waals surface area contributed by atoms with E-state index >= 15 is 0 Å². The van der Waals surface area contributed by atoms with Crippen LogP contribution in [-0.2, 0) is 24.1 Å². The Labute approximate surface area is 142 Å². The Balaban J connectivity index is 1.75. The van der Waals surface area contributed by atoms with E-state index in [0.29, 0.717) is 25.2 Å². The van der Waals surface area contributed by atoms with Crippen molar-refractivity contribution >= 4 is 11.6 Å². The number of nitrogens with one attached hydrogen (secondary N) is 2. The molecule has 9 heteroatoms. The number of para-hydroxylation sites is 1. The number of carbonyl (C=O) groups excluding carboxylic acids is 1. The molecule has 0 aliphatic carbocycles. The summed E-state index contributed by atoms with van der Waals surface area (Å²) < 4.78 is 40.3. The van der Waals surface area contributed by atoms with Gasteiger partial charge in [0.1, 0.15) is 12.4 Å². The van der Waals surface area contributed by atoms with Crippen LogP contribution in [0.2, 0.25) is 0 Å². The highest BCUT2D eigenvalue weighted by atomic mass is 19.4. The van der Waals surface area contributed by atoms with E-state index < -0.39 is 17.6 Å². The molecule has 0 aliphatic heterocycles. The van der Waals surface area contributed by atoms with Gasteiger partial charge in [-0.05, 0) is 25.0 Å². The molecule has 6 nitrogen and oxygen atoms in total. The summed E-state index contributed by atoms with van der Waals surface area (Å²) in [7, 11) is 0. The molecule has 2 aromatic rings. The van der Waals surface area contributed by atoms with Crippen molar-refractivity contribution in [3.8, 4) is 0 Å². The fourth-order valence-corrected chi connectivity index (χ4v) is 2.30. The van der Waals surface area contributed by atoms with Crippen LogP contribution in [0.25, 0.3) is 0 Å². The third kappa shape index (κ3) is 5.49. The first-order chi connectivity index (χ1) is 11.9. The zero-order chi connectivity index (χ0) is 18.3. The molecule has 136 valence electrons. The number of aryl methyl sites for hydroxylation is 1. The first kappa shape index (κ1) is 18.8. The lowest BCUT2D eigenvalue weighted by molar-refractivity contribution is -0.137. The van der Waals surface area contributed by atoms with Gasteiger partial charge in [0.05, 0.1) is 11.3 Å². The zero-order valence-electron chi connectivity index (χ0n) is 13.4. The molecule has 0 spiro atoms. The summed E-state index contributed by atoms with van der Waals surface area (Å²) in [5.41, 5.74) is 3.56. The zero-order valence-corrected chi connectivity index (χ0v) is 13.4. The van der Waals surface area contributed by atoms with E-state index in [9.17, 15) is 18.0 Å². The quantitative estimate of drug-likeness (QED) is 0.502. The van der Waals surface area contributed by atoms with E-state index in [2.05, 4.69) is 15.8 Å². The lowest BCUT2D eigenvalue weighted by Crippen LogP contribution is -2.30. The number of nitrogens with zero attached hydrogens (tertiary/aromatic N) is 2. The number of alkyl halides is 3. The third-order valence-corrected chi connectivity index (χ3v) is 3.57.